The highest BCUT2D eigenvalue weighted by molar-refractivity contribution is 8.00. The Morgan fingerprint density at radius 2 is 1.87 bits per heavy atom. The number of benzene rings is 2. The Kier molecular flexibility index (Phi) is 8.54. The van der Waals surface area contributed by atoms with Crippen molar-refractivity contribution in [3.63, 3.8) is 0 Å². The highest BCUT2D eigenvalue weighted by atomic mass is 35.5. The molecule has 1 atom stereocenters. The van der Waals surface area contributed by atoms with Crippen LogP contribution < -0.4 is 14.4 Å². The Morgan fingerprint density at radius 3 is 2.58 bits per heavy atom. The van der Waals surface area contributed by atoms with Gasteiger partial charge in [-0.3, -0.25) is 14.5 Å². The Hall–Kier alpha value is -4.39. The van der Waals surface area contributed by atoms with Gasteiger partial charge in [0.1, 0.15) is 11.3 Å². The summed E-state index contributed by atoms with van der Waals surface area (Å²) in [5.74, 6) is -0.547. The number of carbonyl (C=O) groups is 2. The third-order valence-corrected chi connectivity index (χ3v) is 9.81. The van der Waals surface area contributed by atoms with Crippen LogP contribution >= 0.6 is 34.7 Å². The lowest BCUT2D eigenvalue weighted by molar-refractivity contribution is -0.132. The summed E-state index contributed by atoms with van der Waals surface area (Å²) in [4.78, 5) is 33.5. The molecule has 230 valence electrons. The second-order valence-corrected chi connectivity index (χ2v) is 12.8. The standard InChI is InChI=1S/C32H28ClN5O5S2/c1-5-43-22-13-10-20(15-23(22)42-4)26-24(27(39)25-18(3)37-14-6-7-17(2)29(37)34-25)28(40)30(41)38(26)31-35-36-32(45-31)44-16-19-8-11-21(33)12-9-19/h6-15,26,39H,5,16H2,1-4H3/b27-24+. The third-order valence-electron chi connectivity index (χ3n) is 7.43. The lowest BCUT2D eigenvalue weighted by atomic mass is 9.96. The predicted octanol–water partition coefficient (Wildman–Crippen LogP) is 6.78. The zero-order valence-electron chi connectivity index (χ0n) is 24.8. The molecule has 10 nitrogen and oxygen atoms in total. The monoisotopic (exact) mass is 661 g/mol. The molecule has 0 saturated carbocycles. The number of thioether (sulfide) groups is 1. The number of nitrogens with zero attached hydrogens (tertiary/aromatic N) is 5. The number of Topliss-reactive ketones (excluding diaryl/α,β-unsaturated/α-hetero) is 1. The average Bonchev–Trinajstić information content (AvgIpc) is 3.72. The number of aromatic nitrogens is 4. The van der Waals surface area contributed by atoms with E-state index in [0.717, 1.165) is 11.1 Å². The SMILES string of the molecule is CCOc1ccc(C2/C(=C(\O)c3nc4c(C)cccn4c3C)C(=O)C(=O)N2c2nnc(SCc3ccc(Cl)cc3)s2)cc1OC. The van der Waals surface area contributed by atoms with E-state index in [1.807, 2.05) is 60.8 Å². The van der Waals surface area contributed by atoms with E-state index in [1.54, 1.807) is 25.1 Å². The number of methoxy groups -OCH3 is 1. The predicted molar refractivity (Wildman–Crippen MR) is 175 cm³/mol. The largest absolute Gasteiger partial charge is 0.505 e. The van der Waals surface area contributed by atoms with Gasteiger partial charge in [-0.2, -0.15) is 0 Å². The van der Waals surface area contributed by atoms with Crippen LogP contribution in [-0.2, 0) is 15.3 Å². The molecule has 45 heavy (non-hydrogen) atoms. The number of aryl methyl sites for hydroxylation is 2. The molecular weight excluding hydrogens is 634 g/mol. The van der Waals surface area contributed by atoms with Gasteiger partial charge in [0.05, 0.1) is 31.0 Å². The van der Waals surface area contributed by atoms with Crippen LogP contribution in [0.1, 0.15) is 41.0 Å². The minimum absolute atomic E-state index is 0.110. The van der Waals surface area contributed by atoms with E-state index in [4.69, 9.17) is 21.1 Å². The minimum Gasteiger partial charge on any atom is -0.505 e. The van der Waals surface area contributed by atoms with E-state index in [0.29, 0.717) is 50.1 Å². The molecule has 1 saturated heterocycles. The molecule has 13 heteroatoms. The van der Waals surface area contributed by atoms with E-state index in [-0.39, 0.29) is 22.2 Å². The van der Waals surface area contributed by atoms with Gasteiger partial charge in [0.2, 0.25) is 5.13 Å². The Balaban J connectivity index is 1.46. The number of carbonyl (C=O) groups excluding carboxylic acids is 2. The minimum atomic E-state index is -1.04. The fraction of sp³-hybridized carbons (Fsp3) is 0.219. The first-order chi connectivity index (χ1) is 21.7. The first kappa shape index (κ1) is 30.6. The van der Waals surface area contributed by atoms with Crippen molar-refractivity contribution in [2.75, 3.05) is 18.6 Å². The fourth-order valence-electron chi connectivity index (χ4n) is 5.23. The molecule has 1 N–H and O–H groups in total. The molecule has 0 bridgehead atoms. The van der Waals surface area contributed by atoms with Crippen LogP contribution in [0, 0.1) is 13.8 Å². The van der Waals surface area contributed by atoms with E-state index < -0.39 is 17.7 Å². The molecule has 2 aromatic carbocycles. The Labute approximate surface area is 272 Å². The van der Waals surface area contributed by atoms with Crippen molar-refractivity contribution in [3.8, 4) is 11.5 Å². The number of pyridine rings is 1. The number of ketones is 1. The van der Waals surface area contributed by atoms with Crippen molar-refractivity contribution in [1.29, 1.82) is 0 Å². The number of amides is 1. The van der Waals surface area contributed by atoms with E-state index >= 15 is 0 Å². The van der Waals surface area contributed by atoms with Gasteiger partial charge in [-0.15, -0.1) is 10.2 Å². The van der Waals surface area contributed by atoms with E-state index in [2.05, 4.69) is 15.2 Å². The summed E-state index contributed by atoms with van der Waals surface area (Å²) < 4.78 is 13.7. The molecule has 1 aliphatic heterocycles. The lowest BCUT2D eigenvalue weighted by Gasteiger charge is -2.23. The first-order valence-corrected chi connectivity index (χ1v) is 16.2. The number of aliphatic hydroxyl groups is 1. The van der Waals surface area contributed by atoms with E-state index in [9.17, 15) is 14.7 Å². The third kappa shape index (κ3) is 5.65. The lowest BCUT2D eigenvalue weighted by Crippen LogP contribution is -2.29. The molecule has 0 spiro atoms. The molecule has 1 aliphatic rings. The van der Waals surface area contributed by atoms with Gasteiger partial charge in [-0.1, -0.05) is 59.0 Å². The molecule has 1 amide bonds. The molecule has 0 aliphatic carbocycles. The maximum Gasteiger partial charge on any atom is 0.301 e. The summed E-state index contributed by atoms with van der Waals surface area (Å²) in [7, 11) is 1.51. The second-order valence-electron chi connectivity index (χ2n) is 10.2. The normalized spacial score (nSPS) is 16.1. The van der Waals surface area contributed by atoms with Crippen LogP contribution in [0.4, 0.5) is 5.13 Å². The van der Waals surface area contributed by atoms with Crippen LogP contribution in [0.2, 0.25) is 5.02 Å². The summed E-state index contributed by atoms with van der Waals surface area (Å²) in [6.07, 6.45) is 1.83. The number of ether oxygens (including phenoxy) is 2. The van der Waals surface area contributed by atoms with Gasteiger partial charge in [-0.25, -0.2) is 4.98 Å². The number of fused-ring (bicyclic) bond motifs is 1. The number of anilines is 1. The van der Waals surface area contributed by atoms with Crippen LogP contribution in [0.25, 0.3) is 11.4 Å². The summed E-state index contributed by atoms with van der Waals surface area (Å²) in [6.45, 7) is 5.99. The van der Waals surface area contributed by atoms with Crippen molar-refractivity contribution in [2.24, 2.45) is 0 Å². The van der Waals surface area contributed by atoms with Crippen molar-refractivity contribution < 1.29 is 24.2 Å². The molecule has 3 aromatic heterocycles. The summed E-state index contributed by atoms with van der Waals surface area (Å²) >= 11 is 8.65. The van der Waals surface area contributed by atoms with Gasteiger partial charge >= 0.3 is 5.91 Å². The smallest absolute Gasteiger partial charge is 0.301 e. The fourth-order valence-corrected chi connectivity index (χ4v) is 7.18. The van der Waals surface area contributed by atoms with Gasteiger partial charge in [0.25, 0.3) is 5.78 Å². The van der Waals surface area contributed by atoms with Gasteiger partial charge in [-0.05, 0) is 67.8 Å². The van der Waals surface area contributed by atoms with Crippen LogP contribution in [0.5, 0.6) is 11.5 Å². The summed E-state index contributed by atoms with van der Waals surface area (Å²) in [5, 5.41) is 21.2. The molecule has 6 rings (SSSR count). The van der Waals surface area contributed by atoms with Crippen molar-refractivity contribution >= 4 is 62.9 Å². The summed E-state index contributed by atoms with van der Waals surface area (Å²) in [5.41, 5.74) is 3.81. The van der Waals surface area contributed by atoms with Crippen LogP contribution in [0.15, 0.2) is 70.7 Å². The number of rotatable bonds is 9. The van der Waals surface area contributed by atoms with Crippen molar-refractivity contribution in [3.05, 3.63) is 99.5 Å². The first-order valence-electron chi connectivity index (χ1n) is 14.0. The maximum absolute atomic E-state index is 13.8. The highest BCUT2D eigenvalue weighted by Crippen LogP contribution is 2.46. The van der Waals surface area contributed by atoms with Crippen LogP contribution in [0.3, 0.4) is 0 Å². The molecule has 0 radical (unpaired) electrons. The molecule has 5 aromatic rings. The number of imidazole rings is 1. The Bertz CT molecular complexity index is 1970. The Morgan fingerprint density at radius 1 is 1.09 bits per heavy atom. The van der Waals surface area contributed by atoms with Crippen molar-refractivity contribution in [1.82, 2.24) is 19.6 Å². The topological polar surface area (TPSA) is 119 Å². The zero-order valence-corrected chi connectivity index (χ0v) is 27.2. The van der Waals surface area contributed by atoms with Gasteiger partial charge in [0.15, 0.2) is 21.6 Å². The molecular formula is C32H28ClN5O5S2. The quantitative estimate of drug-likeness (QED) is 0.0599. The van der Waals surface area contributed by atoms with Gasteiger partial charge in [0, 0.05) is 17.0 Å². The second kappa shape index (κ2) is 12.5. The zero-order chi connectivity index (χ0) is 31.8. The van der Waals surface area contributed by atoms with Crippen molar-refractivity contribution in [2.45, 2.75) is 36.9 Å². The highest BCUT2D eigenvalue weighted by Gasteiger charge is 2.49. The summed E-state index contributed by atoms with van der Waals surface area (Å²) in [6, 6.07) is 15.4. The molecule has 4 heterocycles. The number of halogens is 1. The maximum atomic E-state index is 13.8. The number of hydrogen-bond donors (Lipinski definition) is 1. The number of hydrogen-bond acceptors (Lipinski definition) is 10. The van der Waals surface area contributed by atoms with Crippen LogP contribution in [-0.4, -0.2) is 50.1 Å². The molecule has 1 unspecified atom stereocenters. The average molecular weight is 662 g/mol. The van der Waals surface area contributed by atoms with E-state index in [1.165, 1.54) is 35.1 Å². The number of aliphatic hydroxyl groups excluding tert-OH is 1. The van der Waals surface area contributed by atoms with Gasteiger partial charge < -0.3 is 19.0 Å². The molecule has 1 fully saturated rings.